The van der Waals surface area contributed by atoms with Crippen LogP contribution in [0.2, 0.25) is 5.02 Å². The Bertz CT molecular complexity index is 1170. The number of ether oxygens (including phenoxy) is 2. The predicted octanol–water partition coefficient (Wildman–Crippen LogP) is 4.47. The molecule has 1 aliphatic heterocycles. The maximum Gasteiger partial charge on any atom is 0.329 e. The van der Waals surface area contributed by atoms with Gasteiger partial charge in [-0.3, -0.25) is 0 Å². The van der Waals surface area contributed by atoms with Crippen molar-refractivity contribution in [2.45, 2.75) is 24.7 Å². The highest BCUT2D eigenvalue weighted by Gasteiger charge is 2.59. The highest BCUT2D eigenvalue weighted by Crippen LogP contribution is 2.59. The van der Waals surface area contributed by atoms with Crippen molar-refractivity contribution in [3.63, 3.8) is 0 Å². The summed E-state index contributed by atoms with van der Waals surface area (Å²) in [5.41, 5.74) is 0.745. The van der Waals surface area contributed by atoms with Gasteiger partial charge >= 0.3 is 6.03 Å². The number of carbonyl (C=O) groups excluding carboxylic acids is 1. The summed E-state index contributed by atoms with van der Waals surface area (Å²) in [5.74, 6) is -0.343. The minimum atomic E-state index is -0.842. The van der Waals surface area contributed by atoms with Crippen molar-refractivity contribution in [2.24, 2.45) is 0 Å². The van der Waals surface area contributed by atoms with Gasteiger partial charge in [0.25, 0.3) is 0 Å². The van der Waals surface area contributed by atoms with Gasteiger partial charge in [0.1, 0.15) is 23.8 Å². The van der Waals surface area contributed by atoms with Crippen molar-refractivity contribution in [1.29, 1.82) is 0 Å². The maximum absolute atomic E-state index is 13.6. The van der Waals surface area contributed by atoms with E-state index in [-0.39, 0.29) is 29.3 Å². The number of amides is 1. The fourth-order valence-electron chi connectivity index (χ4n) is 3.65. The molecule has 3 aromatic rings. The number of benzene rings is 2. The Morgan fingerprint density at radius 2 is 2.06 bits per heavy atom. The molecule has 7 nitrogen and oxygen atoms in total. The maximum atomic E-state index is 13.6. The van der Waals surface area contributed by atoms with E-state index in [1.807, 2.05) is 18.2 Å². The topological polar surface area (TPSA) is 73.6 Å². The lowest BCUT2D eigenvalue weighted by Gasteiger charge is -2.14. The number of hydrogen-bond donors (Lipinski definition) is 1. The number of carbonyl (C=O) groups is 1. The average Bonchev–Trinajstić information content (AvgIpc) is 3.40. The van der Waals surface area contributed by atoms with Gasteiger partial charge < -0.3 is 14.8 Å². The molecule has 32 heavy (non-hydrogen) atoms. The van der Waals surface area contributed by atoms with E-state index in [1.165, 1.54) is 27.7 Å². The summed E-state index contributed by atoms with van der Waals surface area (Å²) >= 11 is 11.9. The molecular formula is C22H22ClFN4O3S. The van der Waals surface area contributed by atoms with E-state index in [0.717, 1.165) is 11.1 Å². The molecule has 1 fully saturated rings. The number of rotatable bonds is 8. The smallest absolute Gasteiger partial charge is 0.329 e. The van der Waals surface area contributed by atoms with Gasteiger partial charge in [-0.05, 0) is 42.4 Å². The third kappa shape index (κ3) is 4.47. The average molecular weight is 477 g/mol. The van der Waals surface area contributed by atoms with Crippen molar-refractivity contribution in [1.82, 2.24) is 19.7 Å². The molecule has 1 amide bonds. The molecule has 0 radical (unpaired) electrons. The number of methoxy groups -OCH3 is 1. The van der Waals surface area contributed by atoms with Crippen LogP contribution in [0.15, 0.2) is 54.9 Å². The standard InChI is InChI=1S/C22H22ClFN4O3S/c1-30-12-4-11-25-20(29)27-14-26-28(21(27)32)13-22(15-7-9-16(24)10-8-15)19(31-22)17-5-2-3-6-18(17)23/h2-3,5-10,14,19H,4,11-13H2,1H3,(H,25,29). The summed E-state index contributed by atoms with van der Waals surface area (Å²) in [7, 11) is 1.61. The number of epoxide rings is 1. The SMILES string of the molecule is COCCCNC(=O)n1cnn(CC2(c3ccc(F)cc3)OC2c2ccccc2Cl)c1=S. The zero-order chi connectivity index (χ0) is 22.7. The van der Waals surface area contributed by atoms with Gasteiger partial charge in [0.15, 0.2) is 0 Å². The molecule has 2 unspecified atom stereocenters. The molecule has 1 aromatic heterocycles. The summed E-state index contributed by atoms with van der Waals surface area (Å²) in [5, 5.41) is 7.66. The number of nitrogens with zero attached hydrogens (tertiary/aromatic N) is 3. The van der Waals surface area contributed by atoms with Crippen LogP contribution in [-0.4, -0.2) is 40.6 Å². The molecule has 1 N–H and O–H groups in total. The summed E-state index contributed by atoms with van der Waals surface area (Å²) < 4.78 is 27.8. The molecule has 2 heterocycles. The first-order chi connectivity index (χ1) is 15.5. The lowest BCUT2D eigenvalue weighted by atomic mass is 9.91. The Morgan fingerprint density at radius 1 is 1.31 bits per heavy atom. The van der Waals surface area contributed by atoms with Gasteiger partial charge in [-0.1, -0.05) is 41.9 Å². The number of aromatic nitrogens is 3. The molecule has 0 saturated carbocycles. The van der Waals surface area contributed by atoms with Gasteiger partial charge in [-0.25, -0.2) is 18.4 Å². The highest BCUT2D eigenvalue weighted by molar-refractivity contribution is 7.71. The van der Waals surface area contributed by atoms with Crippen LogP contribution in [0.3, 0.4) is 0 Å². The third-order valence-electron chi connectivity index (χ3n) is 5.35. The third-order valence-corrected chi connectivity index (χ3v) is 6.10. The van der Waals surface area contributed by atoms with Crippen LogP contribution in [0.5, 0.6) is 0 Å². The highest BCUT2D eigenvalue weighted by atomic mass is 35.5. The first-order valence-electron chi connectivity index (χ1n) is 10.1. The number of hydrogen-bond acceptors (Lipinski definition) is 5. The monoisotopic (exact) mass is 476 g/mol. The van der Waals surface area contributed by atoms with Crippen LogP contribution in [0.4, 0.5) is 9.18 Å². The zero-order valence-electron chi connectivity index (χ0n) is 17.3. The molecular weight excluding hydrogens is 455 g/mol. The largest absolute Gasteiger partial charge is 0.385 e. The summed E-state index contributed by atoms with van der Waals surface area (Å²) in [4.78, 5) is 12.5. The van der Waals surface area contributed by atoms with Crippen molar-refractivity contribution >= 4 is 29.8 Å². The molecule has 0 bridgehead atoms. The molecule has 4 rings (SSSR count). The van der Waals surface area contributed by atoms with Crippen LogP contribution in [-0.2, 0) is 21.6 Å². The lowest BCUT2D eigenvalue weighted by Crippen LogP contribution is -2.30. The van der Waals surface area contributed by atoms with Gasteiger partial charge in [0.05, 0.1) is 6.54 Å². The molecule has 10 heteroatoms. The number of halogens is 2. The molecule has 1 aliphatic rings. The Kier molecular flexibility index (Phi) is 6.71. The van der Waals surface area contributed by atoms with Crippen LogP contribution in [0.1, 0.15) is 23.7 Å². The molecule has 1 saturated heterocycles. The second-order valence-corrected chi connectivity index (χ2v) is 8.21. The Labute approximate surface area is 194 Å². The van der Waals surface area contributed by atoms with Gasteiger partial charge in [-0.15, -0.1) is 0 Å². The van der Waals surface area contributed by atoms with Crippen LogP contribution < -0.4 is 5.32 Å². The Hall–Kier alpha value is -2.59. The Morgan fingerprint density at radius 3 is 2.78 bits per heavy atom. The van der Waals surface area contributed by atoms with E-state index in [2.05, 4.69) is 10.4 Å². The molecule has 2 atom stereocenters. The predicted molar refractivity (Wildman–Crippen MR) is 120 cm³/mol. The van der Waals surface area contributed by atoms with E-state index >= 15 is 0 Å². The second-order valence-electron chi connectivity index (χ2n) is 7.44. The fraction of sp³-hybridized carbons (Fsp3) is 0.318. The normalized spacial score (nSPS) is 19.7. The van der Waals surface area contributed by atoms with Crippen molar-refractivity contribution < 1.29 is 18.7 Å². The number of nitrogens with one attached hydrogen (secondary N) is 1. The quantitative estimate of drug-likeness (QED) is 0.295. The second kappa shape index (κ2) is 9.50. The summed E-state index contributed by atoms with van der Waals surface area (Å²) in [6, 6.07) is 13.2. The summed E-state index contributed by atoms with van der Waals surface area (Å²) in [6.07, 6.45) is 1.70. The Balaban J connectivity index is 1.60. The van der Waals surface area contributed by atoms with Crippen LogP contribution in [0.25, 0.3) is 0 Å². The van der Waals surface area contributed by atoms with E-state index in [9.17, 15) is 9.18 Å². The summed E-state index contributed by atoms with van der Waals surface area (Å²) in [6.45, 7) is 1.24. The van der Waals surface area contributed by atoms with Crippen molar-refractivity contribution in [3.05, 3.63) is 81.6 Å². The molecule has 0 aliphatic carbocycles. The van der Waals surface area contributed by atoms with E-state index in [4.69, 9.17) is 33.3 Å². The minimum Gasteiger partial charge on any atom is -0.385 e. The fourth-order valence-corrected chi connectivity index (χ4v) is 4.12. The van der Waals surface area contributed by atoms with Crippen LogP contribution in [0, 0.1) is 10.6 Å². The van der Waals surface area contributed by atoms with E-state index in [0.29, 0.717) is 24.6 Å². The molecule has 0 spiro atoms. The van der Waals surface area contributed by atoms with Gasteiger partial charge in [0.2, 0.25) is 4.77 Å². The van der Waals surface area contributed by atoms with Gasteiger partial charge in [0, 0.05) is 30.8 Å². The first kappa shape index (κ1) is 22.6. The van der Waals surface area contributed by atoms with Crippen molar-refractivity contribution in [3.8, 4) is 0 Å². The first-order valence-corrected chi connectivity index (χ1v) is 10.8. The van der Waals surface area contributed by atoms with Crippen LogP contribution >= 0.6 is 23.8 Å². The lowest BCUT2D eigenvalue weighted by molar-refractivity contribution is 0.193. The van der Waals surface area contributed by atoms with Gasteiger partial charge in [-0.2, -0.15) is 5.10 Å². The van der Waals surface area contributed by atoms with Crippen molar-refractivity contribution in [2.75, 3.05) is 20.3 Å². The molecule has 168 valence electrons. The zero-order valence-corrected chi connectivity index (χ0v) is 18.9. The van der Waals surface area contributed by atoms with E-state index < -0.39 is 5.60 Å². The van der Waals surface area contributed by atoms with E-state index in [1.54, 1.807) is 25.3 Å². The minimum absolute atomic E-state index is 0.226. The molecule has 2 aromatic carbocycles.